The zero-order valence-corrected chi connectivity index (χ0v) is 14.4. The monoisotopic (exact) mass is 382 g/mol. The molecule has 4 aromatic rings. The zero-order valence-electron chi connectivity index (χ0n) is 12.0. The van der Waals surface area contributed by atoms with E-state index in [-0.39, 0.29) is 5.75 Å². The Labute approximate surface area is 145 Å². The minimum atomic E-state index is 0.282. The normalized spacial score (nSPS) is 13.3. The molecule has 2 aromatic carbocycles. The average molecular weight is 383 g/mol. The van der Waals surface area contributed by atoms with Crippen LogP contribution in [0.1, 0.15) is 11.3 Å². The second-order valence-corrected chi connectivity index (χ2v) is 7.62. The lowest BCUT2D eigenvalue weighted by atomic mass is 10.1. The van der Waals surface area contributed by atoms with Gasteiger partial charge in [0.05, 0.1) is 5.69 Å². The van der Waals surface area contributed by atoms with Gasteiger partial charge in [-0.15, -0.1) is 0 Å². The summed E-state index contributed by atoms with van der Waals surface area (Å²) >= 11 is 5.28. The van der Waals surface area contributed by atoms with Gasteiger partial charge in [0.2, 0.25) is 0 Å². The van der Waals surface area contributed by atoms with Crippen molar-refractivity contribution in [1.29, 1.82) is 0 Å². The molecule has 0 aliphatic carbocycles. The maximum absolute atomic E-state index is 9.67. The highest BCUT2D eigenvalue weighted by Crippen LogP contribution is 2.41. The lowest BCUT2D eigenvalue weighted by molar-refractivity contribution is 0.476. The van der Waals surface area contributed by atoms with E-state index in [0.29, 0.717) is 0 Å². The number of hydrogen-bond donors (Lipinski definition) is 1. The predicted octanol–water partition coefficient (Wildman–Crippen LogP) is 5.01. The van der Waals surface area contributed by atoms with Gasteiger partial charge >= 0.3 is 0 Å². The van der Waals surface area contributed by atoms with Crippen LogP contribution in [-0.4, -0.2) is 14.5 Å². The third-order valence-electron chi connectivity index (χ3n) is 4.24. The topological polar surface area (TPSA) is 37.5 Å². The van der Waals surface area contributed by atoms with E-state index < -0.39 is 0 Å². The second kappa shape index (κ2) is 4.76. The number of phenols is 1. The number of aromatic hydroxyl groups is 1. The fourth-order valence-electron chi connectivity index (χ4n) is 3.16. The molecule has 112 valence electrons. The molecule has 0 saturated carbocycles. The first-order chi connectivity index (χ1) is 11.2. The van der Waals surface area contributed by atoms with E-state index in [1.807, 2.05) is 18.3 Å². The van der Waals surface area contributed by atoms with Crippen LogP contribution in [0.25, 0.3) is 16.4 Å². The van der Waals surface area contributed by atoms with Crippen LogP contribution in [0.2, 0.25) is 0 Å². The largest absolute Gasteiger partial charge is 0.508 e. The van der Waals surface area contributed by atoms with Crippen LogP contribution in [0.4, 0.5) is 0 Å². The highest BCUT2D eigenvalue weighted by molar-refractivity contribution is 9.10. The molecule has 1 aliphatic rings. The number of imidazole rings is 1. The Morgan fingerprint density at radius 2 is 2.04 bits per heavy atom. The highest BCUT2D eigenvalue weighted by Gasteiger charge is 2.22. The van der Waals surface area contributed by atoms with Gasteiger partial charge in [-0.3, -0.25) is 0 Å². The van der Waals surface area contributed by atoms with Crippen LogP contribution >= 0.6 is 27.7 Å². The Hall–Kier alpha value is -1.98. The van der Waals surface area contributed by atoms with Crippen LogP contribution in [0.5, 0.6) is 5.75 Å². The molecule has 2 aromatic heterocycles. The molecule has 1 N–H and O–H groups in total. The number of hydrogen-bond acceptors (Lipinski definition) is 3. The molecule has 0 radical (unpaired) electrons. The van der Waals surface area contributed by atoms with Crippen molar-refractivity contribution in [2.45, 2.75) is 16.3 Å². The Bertz CT molecular complexity index is 1100. The lowest BCUT2D eigenvalue weighted by Crippen LogP contribution is -2.01. The quantitative estimate of drug-likeness (QED) is 0.409. The van der Waals surface area contributed by atoms with Gasteiger partial charge in [0, 0.05) is 27.4 Å². The smallest absolute Gasteiger partial charge is 0.146 e. The Balaban J connectivity index is 1.78. The maximum Gasteiger partial charge on any atom is 0.146 e. The van der Waals surface area contributed by atoms with Gasteiger partial charge in [-0.05, 0) is 53.4 Å². The van der Waals surface area contributed by atoms with Crippen molar-refractivity contribution in [3.8, 4) is 5.75 Å². The number of benzene rings is 2. The molecule has 1 aliphatic heterocycles. The van der Waals surface area contributed by atoms with Crippen LogP contribution < -0.4 is 0 Å². The van der Waals surface area contributed by atoms with Crippen LogP contribution in [-0.2, 0) is 6.42 Å². The average Bonchev–Trinajstić information content (AvgIpc) is 2.90. The van der Waals surface area contributed by atoms with E-state index in [1.165, 1.54) is 16.2 Å². The molecule has 5 heteroatoms. The molecule has 0 amide bonds. The van der Waals surface area contributed by atoms with E-state index in [1.54, 1.807) is 23.9 Å². The third kappa shape index (κ3) is 2.00. The van der Waals surface area contributed by atoms with E-state index in [0.717, 1.165) is 32.3 Å². The van der Waals surface area contributed by atoms with Crippen molar-refractivity contribution in [2.24, 2.45) is 0 Å². The van der Waals surface area contributed by atoms with Crippen molar-refractivity contribution in [3.05, 3.63) is 64.4 Å². The summed E-state index contributed by atoms with van der Waals surface area (Å²) < 4.78 is 3.28. The summed E-state index contributed by atoms with van der Waals surface area (Å²) in [5.74, 6) is 0.282. The van der Waals surface area contributed by atoms with Gasteiger partial charge < -0.3 is 9.51 Å². The van der Waals surface area contributed by atoms with Crippen LogP contribution in [0, 0.1) is 0 Å². The van der Waals surface area contributed by atoms with Crippen molar-refractivity contribution in [1.82, 2.24) is 9.38 Å². The maximum atomic E-state index is 9.67. The van der Waals surface area contributed by atoms with E-state index in [4.69, 9.17) is 4.98 Å². The molecule has 0 fully saturated rings. The Morgan fingerprint density at radius 3 is 2.96 bits per heavy atom. The van der Waals surface area contributed by atoms with Gasteiger partial charge in [0.1, 0.15) is 16.4 Å². The third-order valence-corrected chi connectivity index (χ3v) is 5.87. The first-order valence-electron chi connectivity index (χ1n) is 7.28. The molecule has 0 spiro atoms. The first kappa shape index (κ1) is 13.5. The van der Waals surface area contributed by atoms with Crippen LogP contribution in [0.15, 0.2) is 63.1 Å². The molecular formula is C18H11BrN2OS. The van der Waals surface area contributed by atoms with Gasteiger partial charge in [0.25, 0.3) is 0 Å². The second-order valence-electron chi connectivity index (χ2n) is 5.68. The van der Waals surface area contributed by atoms with Crippen molar-refractivity contribution >= 4 is 44.1 Å². The summed E-state index contributed by atoms with van der Waals surface area (Å²) in [6, 6.07) is 13.9. The fourth-order valence-corrected chi connectivity index (χ4v) is 4.59. The van der Waals surface area contributed by atoms with Crippen LogP contribution in [0.3, 0.4) is 0 Å². The summed E-state index contributed by atoms with van der Waals surface area (Å²) in [6.07, 6.45) is 2.92. The predicted molar refractivity (Wildman–Crippen MR) is 95.4 cm³/mol. The number of aromatic nitrogens is 2. The first-order valence-corrected chi connectivity index (χ1v) is 8.89. The standard InChI is InChI=1S/C18H11BrN2OS/c19-12-1-4-16-11(7-12)9-15-18(23-16)20-17-14-3-2-13(22)8-10(14)5-6-21(15)17/h1-8,22H,9H2. The minimum Gasteiger partial charge on any atom is -0.508 e. The zero-order chi connectivity index (χ0) is 15.6. The minimum absolute atomic E-state index is 0.282. The molecule has 0 saturated heterocycles. The highest BCUT2D eigenvalue weighted by atomic mass is 79.9. The van der Waals surface area contributed by atoms with Gasteiger partial charge in [-0.25, -0.2) is 4.98 Å². The molecule has 3 heterocycles. The van der Waals surface area contributed by atoms with Crippen molar-refractivity contribution < 1.29 is 5.11 Å². The number of halogens is 1. The summed E-state index contributed by atoms with van der Waals surface area (Å²) in [5, 5.41) is 12.8. The molecular weight excluding hydrogens is 372 g/mol. The number of nitrogens with zero attached hydrogens (tertiary/aromatic N) is 2. The van der Waals surface area contributed by atoms with E-state index in [9.17, 15) is 5.11 Å². The van der Waals surface area contributed by atoms with E-state index in [2.05, 4.69) is 38.5 Å². The van der Waals surface area contributed by atoms with E-state index >= 15 is 0 Å². The SMILES string of the molecule is Oc1ccc2c(ccn3c4c(nc23)Sc2ccc(Br)cc2C4)c1. The van der Waals surface area contributed by atoms with Crippen molar-refractivity contribution in [3.63, 3.8) is 0 Å². The number of fused-ring (bicyclic) bond motifs is 6. The molecule has 3 nitrogen and oxygen atoms in total. The molecule has 5 rings (SSSR count). The summed E-state index contributed by atoms with van der Waals surface area (Å²) in [5.41, 5.74) is 3.50. The number of pyridine rings is 1. The Kier molecular flexibility index (Phi) is 2.78. The van der Waals surface area contributed by atoms with Crippen molar-refractivity contribution in [2.75, 3.05) is 0 Å². The summed E-state index contributed by atoms with van der Waals surface area (Å²) in [6.45, 7) is 0. The van der Waals surface area contributed by atoms with Gasteiger partial charge in [-0.2, -0.15) is 0 Å². The Morgan fingerprint density at radius 1 is 1.13 bits per heavy atom. The molecule has 23 heavy (non-hydrogen) atoms. The number of phenolic OH excluding ortho intramolecular Hbond substituents is 1. The fraction of sp³-hybridized carbons (Fsp3) is 0.0556. The molecule has 0 unspecified atom stereocenters. The lowest BCUT2D eigenvalue weighted by Gasteiger charge is -2.15. The summed E-state index contributed by atoms with van der Waals surface area (Å²) in [4.78, 5) is 6.13. The van der Waals surface area contributed by atoms with Gasteiger partial charge in [0.15, 0.2) is 0 Å². The number of rotatable bonds is 0. The molecule has 0 bridgehead atoms. The summed E-state index contributed by atoms with van der Waals surface area (Å²) in [7, 11) is 0. The van der Waals surface area contributed by atoms with Gasteiger partial charge in [-0.1, -0.05) is 27.7 Å². The molecule has 0 atom stereocenters.